The Hall–Kier alpha value is -0.870. The van der Waals surface area contributed by atoms with E-state index in [-0.39, 0.29) is 12.1 Å². The maximum atomic E-state index is 6.08. The molecule has 4 heteroatoms. The molecule has 1 aromatic heterocycles. The van der Waals surface area contributed by atoms with Gasteiger partial charge in [0, 0.05) is 31.5 Å². The van der Waals surface area contributed by atoms with E-state index in [1.54, 1.807) is 6.20 Å². The Morgan fingerprint density at radius 2 is 2.64 bits per heavy atom. The van der Waals surface area contributed by atoms with Crippen molar-refractivity contribution in [1.29, 1.82) is 0 Å². The average Bonchev–Trinajstić information content (AvgIpc) is 2.75. The number of aromatic amines is 1. The molecule has 1 saturated heterocycles. The number of nitrogens with zero attached hydrogens (tertiary/aromatic N) is 1. The lowest BCUT2D eigenvalue weighted by molar-refractivity contribution is 0.0721. The standard InChI is InChI=1S/C10H17N3O/c1-7-2-5-14-10(7)8(11)6-9-12-3-4-13-9/h3-4,7-8,10H,2,5-6,11H2,1H3,(H,12,13). The molecule has 4 nitrogen and oxygen atoms in total. The number of nitrogens with two attached hydrogens (primary N) is 1. The summed E-state index contributed by atoms with van der Waals surface area (Å²) in [7, 11) is 0. The highest BCUT2D eigenvalue weighted by Crippen LogP contribution is 2.23. The summed E-state index contributed by atoms with van der Waals surface area (Å²) in [6, 6.07) is 0.0543. The quantitative estimate of drug-likeness (QED) is 0.746. The highest BCUT2D eigenvalue weighted by atomic mass is 16.5. The SMILES string of the molecule is CC1CCOC1C(N)Cc1ncc[nH]1. The highest BCUT2D eigenvalue weighted by Gasteiger charge is 2.30. The van der Waals surface area contributed by atoms with Crippen LogP contribution in [0, 0.1) is 5.92 Å². The van der Waals surface area contributed by atoms with Crippen molar-refractivity contribution in [2.75, 3.05) is 6.61 Å². The number of aromatic nitrogens is 2. The van der Waals surface area contributed by atoms with Crippen molar-refractivity contribution in [3.8, 4) is 0 Å². The van der Waals surface area contributed by atoms with Gasteiger partial charge in [-0.3, -0.25) is 0 Å². The fourth-order valence-corrected chi connectivity index (χ4v) is 2.01. The van der Waals surface area contributed by atoms with Crippen LogP contribution in [-0.2, 0) is 11.2 Å². The maximum absolute atomic E-state index is 6.08. The first-order chi connectivity index (χ1) is 6.77. The third-order valence-corrected chi connectivity index (χ3v) is 2.85. The monoisotopic (exact) mass is 195 g/mol. The Morgan fingerprint density at radius 1 is 1.79 bits per heavy atom. The van der Waals surface area contributed by atoms with Crippen molar-refractivity contribution in [3.05, 3.63) is 18.2 Å². The molecule has 3 N–H and O–H groups in total. The van der Waals surface area contributed by atoms with Crippen LogP contribution in [0.3, 0.4) is 0 Å². The molecule has 0 aromatic carbocycles. The van der Waals surface area contributed by atoms with Gasteiger partial charge in [0.05, 0.1) is 6.10 Å². The Bertz CT molecular complexity index is 273. The number of imidazole rings is 1. The topological polar surface area (TPSA) is 63.9 Å². The Morgan fingerprint density at radius 3 is 3.21 bits per heavy atom. The van der Waals surface area contributed by atoms with Crippen molar-refractivity contribution >= 4 is 0 Å². The minimum atomic E-state index is 0.0543. The van der Waals surface area contributed by atoms with Crippen LogP contribution in [0.15, 0.2) is 12.4 Å². The van der Waals surface area contributed by atoms with Gasteiger partial charge in [0.1, 0.15) is 5.82 Å². The fourth-order valence-electron chi connectivity index (χ4n) is 2.01. The molecule has 3 unspecified atom stereocenters. The molecule has 1 aromatic rings. The number of rotatable bonds is 3. The molecule has 0 aliphatic carbocycles. The lowest BCUT2D eigenvalue weighted by atomic mass is 9.96. The van der Waals surface area contributed by atoms with Crippen LogP contribution in [0.5, 0.6) is 0 Å². The van der Waals surface area contributed by atoms with Gasteiger partial charge in [-0.15, -0.1) is 0 Å². The van der Waals surface area contributed by atoms with Crippen molar-refractivity contribution in [2.24, 2.45) is 11.7 Å². The average molecular weight is 195 g/mol. The Kier molecular flexibility index (Phi) is 2.84. The maximum Gasteiger partial charge on any atom is 0.107 e. The number of nitrogens with one attached hydrogen (secondary N) is 1. The van der Waals surface area contributed by atoms with Crippen LogP contribution in [-0.4, -0.2) is 28.7 Å². The van der Waals surface area contributed by atoms with Crippen LogP contribution in [0.1, 0.15) is 19.2 Å². The molecule has 2 heterocycles. The molecule has 1 aliphatic rings. The van der Waals surface area contributed by atoms with Crippen molar-refractivity contribution < 1.29 is 4.74 Å². The zero-order valence-corrected chi connectivity index (χ0v) is 8.44. The van der Waals surface area contributed by atoms with Gasteiger partial charge in [-0.05, 0) is 12.3 Å². The van der Waals surface area contributed by atoms with Gasteiger partial charge in [0.25, 0.3) is 0 Å². The van der Waals surface area contributed by atoms with Gasteiger partial charge in [0.2, 0.25) is 0 Å². The van der Waals surface area contributed by atoms with Gasteiger partial charge in [0.15, 0.2) is 0 Å². The fraction of sp³-hybridized carbons (Fsp3) is 0.700. The molecule has 0 radical (unpaired) electrons. The van der Waals surface area contributed by atoms with Gasteiger partial charge >= 0.3 is 0 Å². The lowest BCUT2D eigenvalue weighted by Crippen LogP contribution is -2.39. The number of hydrogen-bond acceptors (Lipinski definition) is 3. The van der Waals surface area contributed by atoms with E-state index in [0.29, 0.717) is 5.92 Å². The molecule has 14 heavy (non-hydrogen) atoms. The zero-order valence-electron chi connectivity index (χ0n) is 8.44. The van der Waals surface area contributed by atoms with Gasteiger partial charge in [-0.2, -0.15) is 0 Å². The molecular formula is C10H17N3O. The van der Waals surface area contributed by atoms with E-state index >= 15 is 0 Å². The number of ether oxygens (including phenoxy) is 1. The normalized spacial score (nSPS) is 29.3. The minimum Gasteiger partial charge on any atom is -0.376 e. The van der Waals surface area contributed by atoms with E-state index in [4.69, 9.17) is 10.5 Å². The summed E-state index contributed by atoms with van der Waals surface area (Å²) in [4.78, 5) is 7.22. The van der Waals surface area contributed by atoms with Crippen molar-refractivity contribution in [2.45, 2.75) is 31.9 Å². The molecule has 0 spiro atoms. The molecule has 1 fully saturated rings. The van der Waals surface area contributed by atoms with Gasteiger partial charge < -0.3 is 15.5 Å². The van der Waals surface area contributed by atoms with Gasteiger partial charge in [-0.1, -0.05) is 6.92 Å². The van der Waals surface area contributed by atoms with E-state index in [2.05, 4.69) is 16.9 Å². The molecule has 0 saturated carbocycles. The third-order valence-electron chi connectivity index (χ3n) is 2.85. The smallest absolute Gasteiger partial charge is 0.107 e. The van der Waals surface area contributed by atoms with E-state index in [1.807, 2.05) is 6.20 Å². The molecular weight excluding hydrogens is 178 g/mol. The van der Waals surface area contributed by atoms with Gasteiger partial charge in [-0.25, -0.2) is 4.98 Å². The van der Waals surface area contributed by atoms with Crippen LogP contribution in [0.4, 0.5) is 0 Å². The van der Waals surface area contributed by atoms with Crippen LogP contribution < -0.4 is 5.73 Å². The Labute approximate surface area is 83.9 Å². The summed E-state index contributed by atoms with van der Waals surface area (Å²) in [5.41, 5.74) is 6.08. The number of H-pyrrole nitrogens is 1. The predicted octanol–water partition coefficient (Wildman–Crippen LogP) is 0.704. The highest BCUT2D eigenvalue weighted by molar-refractivity contribution is 4.94. The second-order valence-electron chi connectivity index (χ2n) is 4.01. The Balaban J connectivity index is 1.92. The first-order valence-corrected chi connectivity index (χ1v) is 5.13. The van der Waals surface area contributed by atoms with E-state index in [0.717, 1.165) is 25.3 Å². The summed E-state index contributed by atoms with van der Waals surface area (Å²) >= 11 is 0. The lowest BCUT2D eigenvalue weighted by Gasteiger charge is -2.21. The molecule has 3 atom stereocenters. The molecule has 0 amide bonds. The van der Waals surface area contributed by atoms with Crippen LogP contribution in [0.25, 0.3) is 0 Å². The summed E-state index contributed by atoms with van der Waals surface area (Å²) in [5.74, 6) is 1.51. The third kappa shape index (κ3) is 1.96. The van der Waals surface area contributed by atoms with Crippen molar-refractivity contribution in [1.82, 2.24) is 9.97 Å². The summed E-state index contributed by atoms with van der Waals surface area (Å²) in [6.45, 7) is 3.04. The second kappa shape index (κ2) is 4.11. The summed E-state index contributed by atoms with van der Waals surface area (Å²) in [5, 5.41) is 0. The first kappa shape index (κ1) is 9.68. The van der Waals surface area contributed by atoms with Crippen LogP contribution in [0.2, 0.25) is 0 Å². The number of hydrogen-bond donors (Lipinski definition) is 2. The predicted molar refractivity (Wildman–Crippen MR) is 53.8 cm³/mol. The summed E-state index contributed by atoms with van der Waals surface area (Å²) in [6.07, 6.45) is 5.65. The molecule has 0 bridgehead atoms. The first-order valence-electron chi connectivity index (χ1n) is 5.13. The minimum absolute atomic E-state index is 0.0543. The zero-order chi connectivity index (χ0) is 9.97. The molecule has 1 aliphatic heterocycles. The van der Waals surface area contributed by atoms with E-state index in [9.17, 15) is 0 Å². The van der Waals surface area contributed by atoms with Crippen molar-refractivity contribution in [3.63, 3.8) is 0 Å². The van der Waals surface area contributed by atoms with E-state index in [1.165, 1.54) is 0 Å². The van der Waals surface area contributed by atoms with Crippen LogP contribution >= 0.6 is 0 Å². The largest absolute Gasteiger partial charge is 0.376 e. The molecule has 2 rings (SSSR count). The van der Waals surface area contributed by atoms with E-state index < -0.39 is 0 Å². The second-order valence-corrected chi connectivity index (χ2v) is 4.01. The summed E-state index contributed by atoms with van der Waals surface area (Å²) < 4.78 is 5.61. The molecule has 78 valence electrons.